The molecule has 0 aromatic heterocycles. The van der Waals surface area contributed by atoms with E-state index in [9.17, 15) is 9.90 Å². The number of hydrogen-bond donors (Lipinski definition) is 2. The molecule has 0 radical (unpaired) electrons. The molecule has 1 fully saturated rings. The number of aryl methyl sites for hydroxylation is 1. The van der Waals surface area contributed by atoms with Crippen LogP contribution in [0.15, 0.2) is 54.6 Å². The number of carbonyl (C=O) groups is 1. The average molecular weight is 380 g/mol. The van der Waals surface area contributed by atoms with Crippen LogP contribution in [0.5, 0.6) is 0 Å². The van der Waals surface area contributed by atoms with Crippen molar-refractivity contribution in [3.8, 4) is 0 Å². The van der Waals surface area contributed by atoms with Gasteiger partial charge in [0.1, 0.15) is 0 Å². The SMILES string of the molecule is Cc1ccccc1/C=C/C(=O)N[C@@H](CO)c1cccc(CN2CCOCC2)c1. The molecule has 148 valence electrons. The predicted molar refractivity (Wildman–Crippen MR) is 111 cm³/mol. The molecule has 5 heteroatoms. The Balaban J connectivity index is 1.63. The number of benzene rings is 2. The molecule has 2 aromatic carbocycles. The maximum Gasteiger partial charge on any atom is 0.244 e. The lowest BCUT2D eigenvalue weighted by Gasteiger charge is -2.27. The van der Waals surface area contributed by atoms with Gasteiger partial charge in [-0.25, -0.2) is 0 Å². The third kappa shape index (κ3) is 5.76. The largest absolute Gasteiger partial charge is 0.394 e. The molecule has 0 bridgehead atoms. The van der Waals surface area contributed by atoms with E-state index in [0.717, 1.165) is 49.5 Å². The first-order valence-corrected chi connectivity index (χ1v) is 9.69. The summed E-state index contributed by atoms with van der Waals surface area (Å²) in [5, 5.41) is 12.7. The summed E-state index contributed by atoms with van der Waals surface area (Å²) in [6.45, 7) is 6.09. The molecule has 1 aliphatic heterocycles. The van der Waals surface area contributed by atoms with Crippen LogP contribution < -0.4 is 5.32 Å². The lowest BCUT2D eigenvalue weighted by Crippen LogP contribution is -2.35. The highest BCUT2D eigenvalue weighted by Gasteiger charge is 2.15. The van der Waals surface area contributed by atoms with Gasteiger partial charge < -0.3 is 15.2 Å². The number of hydrogen-bond acceptors (Lipinski definition) is 4. The summed E-state index contributed by atoms with van der Waals surface area (Å²) in [6.07, 6.45) is 3.32. The first kappa shape index (κ1) is 20.3. The molecule has 1 atom stereocenters. The van der Waals surface area contributed by atoms with Gasteiger partial charge in [0.05, 0.1) is 25.9 Å². The van der Waals surface area contributed by atoms with Crippen molar-refractivity contribution in [2.75, 3.05) is 32.9 Å². The van der Waals surface area contributed by atoms with Gasteiger partial charge in [0.25, 0.3) is 0 Å². The maximum absolute atomic E-state index is 12.3. The number of carbonyl (C=O) groups excluding carboxylic acids is 1. The van der Waals surface area contributed by atoms with Crippen LogP contribution in [-0.2, 0) is 16.1 Å². The number of morpholine rings is 1. The fraction of sp³-hybridized carbons (Fsp3) is 0.348. The van der Waals surface area contributed by atoms with Crippen molar-refractivity contribution in [1.82, 2.24) is 10.2 Å². The smallest absolute Gasteiger partial charge is 0.244 e. The minimum Gasteiger partial charge on any atom is -0.394 e. The molecule has 5 nitrogen and oxygen atoms in total. The Labute approximate surface area is 166 Å². The van der Waals surface area contributed by atoms with Crippen molar-refractivity contribution in [3.05, 3.63) is 76.9 Å². The molecule has 1 heterocycles. The van der Waals surface area contributed by atoms with E-state index in [2.05, 4.69) is 22.3 Å². The summed E-state index contributed by atoms with van der Waals surface area (Å²) in [4.78, 5) is 14.7. The van der Waals surface area contributed by atoms with Crippen molar-refractivity contribution in [3.63, 3.8) is 0 Å². The maximum atomic E-state index is 12.3. The second kappa shape index (κ2) is 10.2. The summed E-state index contributed by atoms with van der Waals surface area (Å²) in [7, 11) is 0. The Bertz CT molecular complexity index is 813. The number of aliphatic hydroxyl groups is 1. The molecule has 2 aromatic rings. The average Bonchev–Trinajstić information content (AvgIpc) is 2.72. The minimum atomic E-state index is -0.432. The van der Waals surface area contributed by atoms with E-state index in [1.807, 2.05) is 43.3 Å². The molecule has 1 amide bonds. The second-order valence-electron chi connectivity index (χ2n) is 7.07. The number of nitrogens with one attached hydrogen (secondary N) is 1. The zero-order valence-corrected chi connectivity index (χ0v) is 16.3. The Morgan fingerprint density at radius 3 is 2.75 bits per heavy atom. The zero-order valence-electron chi connectivity index (χ0n) is 16.3. The van der Waals surface area contributed by atoms with Crippen molar-refractivity contribution >= 4 is 12.0 Å². The summed E-state index contributed by atoms with van der Waals surface area (Å²) < 4.78 is 5.39. The van der Waals surface area contributed by atoms with Gasteiger partial charge in [-0.1, -0.05) is 48.5 Å². The lowest BCUT2D eigenvalue weighted by molar-refractivity contribution is -0.117. The van der Waals surface area contributed by atoms with Crippen molar-refractivity contribution in [1.29, 1.82) is 0 Å². The highest BCUT2D eigenvalue weighted by atomic mass is 16.5. The van der Waals surface area contributed by atoms with Crippen LogP contribution >= 0.6 is 0 Å². The molecule has 0 aliphatic carbocycles. The molecular formula is C23H28N2O3. The Morgan fingerprint density at radius 1 is 1.21 bits per heavy atom. The van der Waals surface area contributed by atoms with Gasteiger partial charge in [-0.05, 0) is 35.3 Å². The van der Waals surface area contributed by atoms with Crippen LogP contribution in [0.3, 0.4) is 0 Å². The Morgan fingerprint density at radius 2 is 2.00 bits per heavy atom. The van der Waals surface area contributed by atoms with Gasteiger partial charge in [-0.2, -0.15) is 0 Å². The summed E-state index contributed by atoms with van der Waals surface area (Å²) >= 11 is 0. The first-order chi connectivity index (χ1) is 13.7. The fourth-order valence-corrected chi connectivity index (χ4v) is 3.32. The third-order valence-electron chi connectivity index (χ3n) is 4.97. The Kier molecular flexibility index (Phi) is 7.37. The highest BCUT2D eigenvalue weighted by molar-refractivity contribution is 5.92. The minimum absolute atomic E-state index is 0.148. The molecule has 0 saturated carbocycles. The fourth-order valence-electron chi connectivity index (χ4n) is 3.32. The van der Waals surface area contributed by atoms with E-state index in [-0.39, 0.29) is 12.5 Å². The van der Waals surface area contributed by atoms with Gasteiger partial charge in [0.2, 0.25) is 5.91 Å². The molecular weight excluding hydrogens is 352 g/mol. The van der Waals surface area contributed by atoms with Gasteiger partial charge in [0.15, 0.2) is 0 Å². The number of rotatable bonds is 7. The van der Waals surface area contributed by atoms with Crippen molar-refractivity contribution in [2.24, 2.45) is 0 Å². The molecule has 0 unspecified atom stereocenters. The zero-order chi connectivity index (χ0) is 19.8. The number of amides is 1. The molecule has 28 heavy (non-hydrogen) atoms. The van der Waals surface area contributed by atoms with Crippen LogP contribution in [0, 0.1) is 6.92 Å². The number of ether oxygens (including phenoxy) is 1. The van der Waals surface area contributed by atoms with Crippen molar-refractivity contribution in [2.45, 2.75) is 19.5 Å². The van der Waals surface area contributed by atoms with Gasteiger partial charge in [-0.15, -0.1) is 0 Å². The number of nitrogens with zero attached hydrogens (tertiary/aromatic N) is 1. The van der Waals surface area contributed by atoms with Gasteiger partial charge >= 0.3 is 0 Å². The second-order valence-corrected chi connectivity index (χ2v) is 7.07. The van der Waals surface area contributed by atoms with Crippen LogP contribution in [-0.4, -0.2) is 48.8 Å². The quantitative estimate of drug-likeness (QED) is 0.725. The van der Waals surface area contributed by atoms with Crippen LogP contribution in [0.2, 0.25) is 0 Å². The van der Waals surface area contributed by atoms with E-state index in [1.54, 1.807) is 6.08 Å². The van der Waals surface area contributed by atoms with Crippen LogP contribution in [0.4, 0.5) is 0 Å². The van der Waals surface area contributed by atoms with Crippen molar-refractivity contribution < 1.29 is 14.6 Å². The van der Waals surface area contributed by atoms with E-state index in [4.69, 9.17) is 4.74 Å². The standard InChI is InChI=1S/C23H28N2O3/c1-18-5-2-3-7-20(18)9-10-23(27)24-22(17-26)21-8-4-6-19(15-21)16-25-11-13-28-14-12-25/h2-10,15,22,26H,11-14,16-17H2,1H3,(H,24,27)/b10-9+/t22-/m0/s1. The molecule has 0 spiro atoms. The van der Waals surface area contributed by atoms with Gasteiger partial charge in [0, 0.05) is 25.7 Å². The Hall–Kier alpha value is -2.47. The van der Waals surface area contributed by atoms with E-state index >= 15 is 0 Å². The summed E-state index contributed by atoms with van der Waals surface area (Å²) in [5.74, 6) is -0.221. The van der Waals surface area contributed by atoms with E-state index < -0.39 is 6.04 Å². The summed E-state index contributed by atoms with van der Waals surface area (Å²) in [6, 6.07) is 15.5. The molecule has 1 saturated heterocycles. The number of aliphatic hydroxyl groups excluding tert-OH is 1. The third-order valence-corrected chi connectivity index (χ3v) is 4.97. The molecule has 2 N–H and O–H groups in total. The monoisotopic (exact) mass is 380 g/mol. The predicted octanol–water partition coefficient (Wildman–Crippen LogP) is 2.69. The molecule has 3 rings (SSSR count). The van der Waals surface area contributed by atoms with Gasteiger partial charge in [-0.3, -0.25) is 9.69 Å². The normalized spacial score (nSPS) is 16.2. The first-order valence-electron chi connectivity index (χ1n) is 9.69. The summed E-state index contributed by atoms with van der Waals surface area (Å²) in [5.41, 5.74) is 4.19. The molecule has 1 aliphatic rings. The highest BCUT2D eigenvalue weighted by Crippen LogP contribution is 2.17. The van der Waals surface area contributed by atoms with Crippen LogP contribution in [0.1, 0.15) is 28.3 Å². The van der Waals surface area contributed by atoms with Crippen LogP contribution in [0.25, 0.3) is 6.08 Å². The van der Waals surface area contributed by atoms with E-state index in [0.29, 0.717) is 0 Å². The lowest BCUT2D eigenvalue weighted by atomic mass is 10.0. The topological polar surface area (TPSA) is 61.8 Å². The van der Waals surface area contributed by atoms with E-state index in [1.165, 1.54) is 11.6 Å².